The molecule has 2 unspecified atom stereocenters. The van der Waals surface area contributed by atoms with Gasteiger partial charge in [0.1, 0.15) is 18.5 Å². The summed E-state index contributed by atoms with van der Waals surface area (Å²) in [6, 6.07) is 5.57. The maximum Gasteiger partial charge on any atom is 0.338 e. The Morgan fingerprint density at radius 3 is 2.94 bits per heavy atom. The summed E-state index contributed by atoms with van der Waals surface area (Å²) >= 11 is 0. The summed E-state index contributed by atoms with van der Waals surface area (Å²) in [7, 11) is 0. The van der Waals surface area contributed by atoms with Gasteiger partial charge in [-0.25, -0.2) is 4.79 Å². The zero-order valence-corrected chi connectivity index (χ0v) is 8.81. The van der Waals surface area contributed by atoms with Gasteiger partial charge in [-0.05, 0) is 31.0 Å². The van der Waals surface area contributed by atoms with E-state index in [9.17, 15) is 4.79 Å². The molecule has 16 heavy (non-hydrogen) atoms. The van der Waals surface area contributed by atoms with E-state index in [-0.39, 0.29) is 18.1 Å². The summed E-state index contributed by atoms with van der Waals surface area (Å²) in [6.45, 7) is 0.349. The van der Waals surface area contributed by atoms with Crippen LogP contribution < -0.4 is 10.5 Å². The Morgan fingerprint density at radius 1 is 1.38 bits per heavy atom. The summed E-state index contributed by atoms with van der Waals surface area (Å²) < 4.78 is 10.7. The first-order valence-electron chi connectivity index (χ1n) is 5.46. The Morgan fingerprint density at radius 2 is 2.25 bits per heavy atom. The third kappa shape index (κ3) is 1.46. The number of rotatable bonds is 2. The standard InChI is InChI=1S/C12H13NO3/c13-10-3-4-11(10)16-8-1-2-9-7(5-8)6-15-12(9)14/h1-2,5,10-11H,3-4,6,13H2. The van der Waals surface area contributed by atoms with Crippen molar-refractivity contribution in [2.45, 2.75) is 31.6 Å². The maximum atomic E-state index is 11.2. The molecule has 0 amide bonds. The lowest BCUT2D eigenvalue weighted by Crippen LogP contribution is -2.47. The van der Waals surface area contributed by atoms with Gasteiger partial charge in [0, 0.05) is 11.6 Å². The van der Waals surface area contributed by atoms with Crippen LogP contribution in [-0.4, -0.2) is 18.1 Å². The van der Waals surface area contributed by atoms with Crippen molar-refractivity contribution in [3.63, 3.8) is 0 Å². The van der Waals surface area contributed by atoms with Crippen LogP contribution in [0.4, 0.5) is 0 Å². The lowest BCUT2D eigenvalue weighted by atomic mass is 9.90. The Balaban J connectivity index is 1.79. The van der Waals surface area contributed by atoms with Gasteiger partial charge in [-0.15, -0.1) is 0 Å². The van der Waals surface area contributed by atoms with Crippen LogP contribution in [0.2, 0.25) is 0 Å². The lowest BCUT2D eigenvalue weighted by Gasteiger charge is -2.33. The number of benzene rings is 1. The number of carbonyl (C=O) groups is 1. The van der Waals surface area contributed by atoms with Gasteiger partial charge in [0.25, 0.3) is 0 Å². The molecule has 0 radical (unpaired) electrons. The summed E-state index contributed by atoms with van der Waals surface area (Å²) in [5.41, 5.74) is 7.34. The Kier molecular flexibility index (Phi) is 2.11. The van der Waals surface area contributed by atoms with Gasteiger partial charge in [0.05, 0.1) is 5.56 Å². The molecule has 4 nitrogen and oxygen atoms in total. The van der Waals surface area contributed by atoms with Crippen LogP contribution in [0.5, 0.6) is 5.75 Å². The first kappa shape index (κ1) is 9.66. The molecule has 1 fully saturated rings. The normalized spacial score (nSPS) is 26.9. The fourth-order valence-electron chi connectivity index (χ4n) is 2.00. The molecule has 2 N–H and O–H groups in total. The van der Waals surface area contributed by atoms with Gasteiger partial charge in [-0.3, -0.25) is 0 Å². The average molecular weight is 219 g/mol. The minimum absolute atomic E-state index is 0.121. The number of fused-ring (bicyclic) bond motifs is 1. The van der Waals surface area contributed by atoms with Crippen molar-refractivity contribution < 1.29 is 14.3 Å². The van der Waals surface area contributed by atoms with Crippen LogP contribution >= 0.6 is 0 Å². The predicted molar refractivity (Wildman–Crippen MR) is 57.2 cm³/mol. The van der Waals surface area contributed by atoms with Crippen LogP contribution in [0.1, 0.15) is 28.8 Å². The van der Waals surface area contributed by atoms with Crippen molar-refractivity contribution in [3.05, 3.63) is 29.3 Å². The molecule has 84 valence electrons. The van der Waals surface area contributed by atoms with Crippen molar-refractivity contribution in [1.82, 2.24) is 0 Å². The Hall–Kier alpha value is -1.55. The van der Waals surface area contributed by atoms with Crippen molar-refractivity contribution in [2.24, 2.45) is 5.73 Å². The van der Waals surface area contributed by atoms with E-state index in [0.717, 1.165) is 24.2 Å². The van der Waals surface area contributed by atoms with E-state index in [4.69, 9.17) is 15.2 Å². The van der Waals surface area contributed by atoms with Crippen LogP contribution in [0, 0.1) is 0 Å². The molecule has 0 aromatic heterocycles. The highest BCUT2D eigenvalue weighted by Crippen LogP contribution is 2.28. The maximum absolute atomic E-state index is 11.2. The Labute approximate surface area is 93.3 Å². The number of cyclic esters (lactones) is 1. The molecule has 0 bridgehead atoms. The van der Waals surface area contributed by atoms with Gasteiger partial charge in [0.15, 0.2) is 0 Å². The third-order valence-electron chi connectivity index (χ3n) is 3.20. The van der Waals surface area contributed by atoms with E-state index < -0.39 is 0 Å². The van der Waals surface area contributed by atoms with Crippen molar-refractivity contribution in [2.75, 3.05) is 0 Å². The molecule has 0 saturated heterocycles. The SMILES string of the molecule is NC1CCC1Oc1ccc2c(c1)COC2=O. The van der Waals surface area contributed by atoms with Crippen LogP contribution in [0.15, 0.2) is 18.2 Å². The molecule has 1 saturated carbocycles. The largest absolute Gasteiger partial charge is 0.489 e. The predicted octanol–water partition coefficient (Wildman–Crippen LogP) is 1.23. The number of nitrogens with two attached hydrogens (primary N) is 1. The van der Waals surface area contributed by atoms with Gasteiger partial charge in [-0.2, -0.15) is 0 Å². The Bertz CT molecular complexity index is 444. The van der Waals surface area contributed by atoms with Crippen molar-refractivity contribution >= 4 is 5.97 Å². The first-order chi connectivity index (χ1) is 7.74. The van der Waals surface area contributed by atoms with Crippen LogP contribution in [0.3, 0.4) is 0 Å². The average Bonchev–Trinajstić information content (AvgIpc) is 2.66. The number of hydrogen-bond acceptors (Lipinski definition) is 4. The molecule has 3 rings (SSSR count). The second kappa shape index (κ2) is 3.49. The monoisotopic (exact) mass is 219 g/mol. The highest BCUT2D eigenvalue weighted by molar-refractivity contribution is 5.93. The van der Waals surface area contributed by atoms with E-state index in [1.807, 2.05) is 6.07 Å². The van der Waals surface area contributed by atoms with E-state index in [1.165, 1.54) is 0 Å². The number of hydrogen-bond donors (Lipinski definition) is 1. The van der Waals surface area contributed by atoms with Gasteiger partial charge < -0.3 is 15.2 Å². The molecule has 2 aliphatic rings. The minimum Gasteiger partial charge on any atom is -0.489 e. The summed E-state index contributed by atoms with van der Waals surface area (Å²) in [5.74, 6) is 0.527. The number of carbonyl (C=O) groups excluding carboxylic acids is 1. The summed E-state index contributed by atoms with van der Waals surface area (Å²) in [4.78, 5) is 11.2. The molecular formula is C12H13NO3. The topological polar surface area (TPSA) is 61.6 Å². The van der Waals surface area contributed by atoms with Crippen molar-refractivity contribution in [3.8, 4) is 5.75 Å². The third-order valence-corrected chi connectivity index (χ3v) is 3.20. The van der Waals surface area contributed by atoms with Gasteiger partial charge >= 0.3 is 5.97 Å². The second-order valence-electron chi connectivity index (χ2n) is 4.29. The van der Waals surface area contributed by atoms with E-state index in [1.54, 1.807) is 12.1 Å². The van der Waals surface area contributed by atoms with E-state index in [0.29, 0.717) is 12.2 Å². The van der Waals surface area contributed by atoms with Gasteiger partial charge in [0.2, 0.25) is 0 Å². The van der Waals surface area contributed by atoms with Crippen molar-refractivity contribution in [1.29, 1.82) is 0 Å². The van der Waals surface area contributed by atoms with E-state index in [2.05, 4.69) is 0 Å². The summed E-state index contributed by atoms with van der Waals surface area (Å²) in [5, 5.41) is 0. The molecule has 1 aromatic rings. The molecule has 2 atom stereocenters. The molecular weight excluding hydrogens is 206 g/mol. The number of ether oxygens (including phenoxy) is 2. The van der Waals surface area contributed by atoms with Gasteiger partial charge in [-0.1, -0.05) is 0 Å². The smallest absolute Gasteiger partial charge is 0.338 e. The fourth-order valence-corrected chi connectivity index (χ4v) is 2.00. The van der Waals surface area contributed by atoms with E-state index >= 15 is 0 Å². The molecule has 1 aliphatic carbocycles. The zero-order chi connectivity index (χ0) is 11.1. The number of esters is 1. The highest BCUT2D eigenvalue weighted by atomic mass is 16.5. The lowest BCUT2D eigenvalue weighted by molar-refractivity contribution is 0.0535. The van der Waals surface area contributed by atoms with Crippen LogP contribution in [0.25, 0.3) is 0 Å². The first-order valence-corrected chi connectivity index (χ1v) is 5.46. The highest BCUT2D eigenvalue weighted by Gasteiger charge is 2.30. The van der Waals surface area contributed by atoms with Crippen LogP contribution in [-0.2, 0) is 11.3 Å². The molecule has 1 heterocycles. The molecule has 4 heteroatoms. The minimum atomic E-state index is -0.248. The molecule has 0 spiro atoms. The molecule has 1 aliphatic heterocycles. The zero-order valence-electron chi connectivity index (χ0n) is 8.81. The quantitative estimate of drug-likeness (QED) is 0.760. The second-order valence-corrected chi connectivity index (χ2v) is 4.29. The fraction of sp³-hybridized carbons (Fsp3) is 0.417. The summed E-state index contributed by atoms with van der Waals surface area (Å²) in [6.07, 6.45) is 2.15. The molecule has 1 aromatic carbocycles.